The average molecular weight is 218 g/mol. The SMILES string of the molecule is COC[C@@H](CC(=O)O)C(=O)OC(C)(C)C. The molecule has 0 aliphatic carbocycles. The Morgan fingerprint density at radius 1 is 1.33 bits per heavy atom. The van der Waals surface area contributed by atoms with Gasteiger partial charge < -0.3 is 14.6 Å². The molecule has 15 heavy (non-hydrogen) atoms. The predicted molar refractivity (Wildman–Crippen MR) is 53.5 cm³/mol. The molecule has 0 saturated carbocycles. The van der Waals surface area contributed by atoms with Crippen molar-refractivity contribution in [1.29, 1.82) is 0 Å². The maximum Gasteiger partial charge on any atom is 0.312 e. The first-order valence-corrected chi connectivity index (χ1v) is 4.70. The fourth-order valence-corrected chi connectivity index (χ4v) is 1.01. The van der Waals surface area contributed by atoms with E-state index >= 15 is 0 Å². The maximum atomic E-state index is 11.5. The number of carbonyl (C=O) groups is 2. The minimum absolute atomic E-state index is 0.0568. The molecule has 0 saturated heterocycles. The van der Waals surface area contributed by atoms with E-state index < -0.39 is 23.5 Å². The molecule has 5 nitrogen and oxygen atoms in total. The lowest BCUT2D eigenvalue weighted by Crippen LogP contribution is -2.32. The van der Waals surface area contributed by atoms with Crippen LogP contribution in [0.3, 0.4) is 0 Å². The summed E-state index contributed by atoms with van der Waals surface area (Å²) in [6.07, 6.45) is -0.275. The van der Waals surface area contributed by atoms with Crippen molar-refractivity contribution in [3.05, 3.63) is 0 Å². The smallest absolute Gasteiger partial charge is 0.312 e. The number of carboxylic acids is 1. The van der Waals surface area contributed by atoms with Crippen LogP contribution < -0.4 is 0 Å². The maximum absolute atomic E-state index is 11.5. The third-order valence-corrected chi connectivity index (χ3v) is 1.53. The van der Waals surface area contributed by atoms with Crippen molar-refractivity contribution in [3.8, 4) is 0 Å². The van der Waals surface area contributed by atoms with Gasteiger partial charge in [-0.25, -0.2) is 0 Å². The van der Waals surface area contributed by atoms with Gasteiger partial charge in [0.15, 0.2) is 0 Å². The Kier molecular flexibility index (Phi) is 5.28. The Hall–Kier alpha value is -1.10. The Balaban J connectivity index is 4.35. The highest BCUT2D eigenvalue weighted by Gasteiger charge is 2.27. The van der Waals surface area contributed by atoms with Gasteiger partial charge in [-0.2, -0.15) is 0 Å². The molecule has 0 aromatic carbocycles. The summed E-state index contributed by atoms with van der Waals surface area (Å²) < 4.78 is 9.85. The minimum atomic E-state index is -1.04. The summed E-state index contributed by atoms with van der Waals surface area (Å²) >= 11 is 0. The van der Waals surface area contributed by atoms with Crippen LogP contribution in [0.4, 0.5) is 0 Å². The van der Waals surface area contributed by atoms with Crippen LogP contribution >= 0.6 is 0 Å². The van der Waals surface area contributed by atoms with Gasteiger partial charge in [-0.05, 0) is 20.8 Å². The van der Waals surface area contributed by atoms with E-state index in [-0.39, 0.29) is 13.0 Å². The number of ether oxygens (including phenoxy) is 2. The number of methoxy groups -OCH3 is 1. The van der Waals surface area contributed by atoms with Crippen molar-refractivity contribution in [2.45, 2.75) is 32.8 Å². The third-order valence-electron chi connectivity index (χ3n) is 1.53. The number of esters is 1. The summed E-state index contributed by atoms with van der Waals surface area (Å²) in [5.74, 6) is -2.32. The molecule has 0 aromatic heterocycles. The molecule has 0 heterocycles. The monoisotopic (exact) mass is 218 g/mol. The third kappa shape index (κ3) is 6.90. The van der Waals surface area contributed by atoms with Crippen molar-refractivity contribution >= 4 is 11.9 Å². The van der Waals surface area contributed by atoms with E-state index in [9.17, 15) is 9.59 Å². The minimum Gasteiger partial charge on any atom is -0.481 e. The van der Waals surface area contributed by atoms with E-state index in [0.29, 0.717) is 0 Å². The molecule has 0 rings (SSSR count). The second-order valence-electron chi connectivity index (χ2n) is 4.28. The second kappa shape index (κ2) is 5.70. The first kappa shape index (κ1) is 13.9. The molecule has 1 atom stereocenters. The van der Waals surface area contributed by atoms with Crippen molar-refractivity contribution in [2.75, 3.05) is 13.7 Å². The standard InChI is InChI=1S/C10H18O5/c1-10(2,3)15-9(13)7(6-14-4)5-8(11)12/h7H,5-6H2,1-4H3,(H,11,12)/t7-/m1/s1. The highest BCUT2D eigenvalue weighted by atomic mass is 16.6. The molecule has 0 aliphatic rings. The van der Waals surface area contributed by atoms with Gasteiger partial charge >= 0.3 is 11.9 Å². The Bertz CT molecular complexity index is 228. The number of hydrogen-bond acceptors (Lipinski definition) is 4. The highest BCUT2D eigenvalue weighted by Crippen LogP contribution is 2.14. The molecule has 1 N–H and O–H groups in total. The quantitative estimate of drug-likeness (QED) is 0.698. The summed E-state index contributed by atoms with van der Waals surface area (Å²) in [6.45, 7) is 5.25. The van der Waals surface area contributed by atoms with Crippen molar-refractivity contribution < 1.29 is 24.2 Å². The van der Waals surface area contributed by atoms with Gasteiger partial charge in [-0.3, -0.25) is 9.59 Å². The summed E-state index contributed by atoms with van der Waals surface area (Å²) in [7, 11) is 1.42. The van der Waals surface area contributed by atoms with Crippen LogP contribution in [-0.4, -0.2) is 36.4 Å². The van der Waals surface area contributed by atoms with Crippen molar-refractivity contribution in [3.63, 3.8) is 0 Å². The first-order chi connectivity index (χ1) is 6.76. The van der Waals surface area contributed by atoms with Gasteiger partial charge in [0.1, 0.15) is 5.60 Å². The molecule has 5 heteroatoms. The number of carboxylic acid groups (broad SMARTS) is 1. The Labute approximate surface area is 89.4 Å². The van der Waals surface area contributed by atoms with Crippen LogP contribution in [0.15, 0.2) is 0 Å². The fraction of sp³-hybridized carbons (Fsp3) is 0.800. The average Bonchev–Trinajstić information content (AvgIpc) is 1.99. The van der Waals surface area contributed by atoms with Crippen molar-refractivity contribution in [1.82, 2.24) is 0 Å². The molecule has 0 aliphatic heterocycles. The Morgan fingerprint density at radius 3 is 2.20 bits per heavy atom. The molecule has 0 radical (unpaired) electrons. The molecule has 0 unspecified atom stereocenters. The molecule has 0 bridgehead atoms. The number of rotatable bonds is 5. The van der Waals surface area contributed by atoms with Gasteiger partial charge in [0, 0.05) is 7.11 Å². The lowest BCUT2D eigenvalue weighted by atomic mass is 10.1. The van der Waals surface area contributed by atoms with Gasteiger partial charge in [-0.1, -0.05) is 0 Å². The lowest BCUT2D eigenvalue weighted by Gasteiger charge is -2.22. The molecule has 0 fully saturated rings. The second-order valence-corrected chi connectivity index (χ2v) is 4.28. The molecule has 0 aromatic rings. The summed E-state index contributed by atoms with van der Waals surface area (Å²) in [5.41, 5.74) is -0.610. The van der Waals surface area contributed by atoms with Crippen LogP contribution in [0.5, 0.6) is 0 Å². The van der Waals surface area contributed by atoms with Crippen LogP contribution in [0.2, 0.25) is 0 Å². The van der Waals surface area contributed by atoms with Gasteiger partial charge in [0.25, 0.3) is 0 Å². The lowest BCUT2D eigenvalue weighted by molar-refractivity contribution is -0.164. The first-order valence-electron chi connectivity index (χ1n) is 4.70. The van der Waals surface area contributed by atoms with Crippen LogP contribution in [0, 0.1) is 5.92 Å². The number of hydrogen-bond donors (Lipinski definition) is 1. The molecule has 0 amide bonds. The zero-order valence-corrected chi connectivity index (χ0v) is 9.57. The van der Waals surface area contributed by atoms with Gasteiger partial charge in [-0.15, -0.1) is 0 Å². The van der Waals surface area contributed by atoms with E-state index in [1.165, 1.54) is 7.11 Å². The van der Waals surface area contributed by atoms with E-state index in [4.69, 9.17) is 14.6 Å². The molecule has 88 valence electrons. The normalized spacial score (nSPS) is 13.3. The summed E-state index contributed by atoms with van der Waals surface area (Å²) in [4.78, 5) is 22.0. The van der Waals surface area contributed by atoms with E-state index in [1.807, 2.05) is 0 Å². The number of aliphatic carboxylic acids is 1. The zero-order chi connectivity index (χ0) is 12.1. The van der Waals surface area contributed by atoms with Crippen LogP contribution in [0.1, 0.15) is 27.2 Å². The molecular weight excluding hydrogens is 200 g/mol. The highest BCUT2D eigenvalue weighted by molar-refractivity contribution is 5.79. The summed E-state index contributed by atoms with van der Waals surface area (Å²) in [6, 6.07) is 0. The van der Waals surface area contributed by atoms with Gasteiger partial charge in [0.2, 0.25) is 0 Å². The zero-order valence-electron chi connectivity index (χ0n) is 9.57. The Morgan fingerprint density at radius 2 is 1.87 bits per heavy atom. The predicted octanol–water partition coefficient (Wildman–Crippen LogP) is 1.07. The van der Waals surface area contributed by atoms with Crippen molar-refractivity contribution in [2.24, 2.45) is 5.92 Å². The van der Waals surface area contributed by atoms with Crippen LogP contribution in [-0.2, 0) is 19.1 Å². The molecular formula is C10H18O5. The number of carbonyl (C=O) groups excluding carboxylic acids is 1. The van der Waals surface area contributed by atoms with E-state index in [1.54, 1.807) is 20.8 Å². The van der Waals surface area contributed by atoms with E-state index in [2.05, 4.69) is 0 Å². The largest absolute Gasteiger partial charge is 0.481 e. The van der Waals surface area contributed by atoms with Crippen LogP contribution in [0.25, 0.3) is 0 Å². The van der Waals surface area contributed by atoms with Gasteiger partial charge in [0.05, 0.1) is 18.9 Å². The molecule has 0 spiro atoms. The summed E-state index contributed by atoms with van der Waals surface area (Å²) in [5, 5.41) is 8.59. The van der Waals surface area contributed by atoms with E-state index in [0.717, 1.165) is 0 Å². The topological polar surface area (TPSA) is 72.8 Å². The fourth-order valence-electron chi connectivity index (χ4n) is 1.01.